The van der Waals surface area contributed by atoms with E-state index in [4.69, 9.17) is 0 Å². The minimum Gasteiger partial charge on any atom is -0.337 e. The maximum atomic E-state index is 4.53. The Hall–Kier alpha value is -2.61. The SMILES string of the molecule is CCc1cc(N(Cc2ccc(C(C)(C)C)cc2)C2=CC=C(C(C)(C)CC)CC=C2)ccn1. The summed E-state index contributed by atoms with van der Waals surface area (Å²) in [7, 11) is 0. The Morgan fingerprint density at radius 3 is 2.28 bits per heavy atom. The zero-order valence-corrected chi connectivity index (χ0v) is 21.1. The lowest BCUT2D eigenvalue weighted by Gasteiger charge is -2.27. The van der Waals surface area contributed by atoms with E-state index in [1.54, 1.807) is 0 Å². The molecule has 2 nitrogen and oxygen atoms in total. The van der Waals surface area contributed by atoms with Crippen molar-refractivity contribution < 1.29 is 0 Å². The largest absolute Gasteiger partial charge is 0.337 e. The van der Waals surface area contributed by atoms with Crippen molar-refractivity contribution in [1.29, 1.82) is 0 Å². The third kappa shape index (κ3) is 5.79. The fourth-order valence-electron chi connectivity index (χ4n) is 3.98. The molecule has 0 N–H and O–H groups in total. The molecule has 2 aromatic rings. The number of anilines is 1. The predicted molar refractivity (Wildman–Crippen MR) is 139 cm³/mol. The fourth-order valence-corrected chi connectivity index (χ4v) is 3.98. The second kappa shape index (κ2) is 9.90. The van der Waals surface area contributed by atoms with E-state index in [1.807, 2.05) is 6.20 Å². The van der Waals surface area contributed by atoms with Crippen molar-refractivity contribution in [2.45, 2.75) is 79.7 Å². The summed E-state index contributed by atoms with van der Waals surface area (Å²) in [6.45, 7) is 16.7. The highest BCUT2D eigenvalue weighted by Crippen LogP contribution is 2.35. The van der Waals surface area contributed by atoms with Crippen molar-refractivity contribution >= 4 is 5.69 Å². The first kappa shape index (κ1) is 24.0. The highest BCUT2D eigenvalue weighted by Gasteiger charge is 2.21. The summed E-state index contributed by atoms with van der Waals surface area (Å²) in [4.78, 5) is 6.95. The number of hydrogen-bond donors (Lipinski definition) is 0. The molecule has 0 aliphatic heterocycles. The van der Waals surface area contributed by atoms with E-state index in [2.05, 4.69) is 119 Å². The van der Waals surface area contributed by atoms with Gasteiger partial charge in [-0.1, -0.05) is 90.5 Å². The van der Waals surface area contributed by atoms with E-state index in [-0.39, 0.29) is 10.8 Å². The van der Waals surface area contributed by atoms with E-state index < -0.39 is 0 Å². The van der Waals surface area contributed by atoms with Crippen LogP contribution in [-0.2, 0) is 18.4 Å². The Bertz CT molecular complexity index is 998. The van der Waals surface area contributed by atoms with Gasteiger partial charge in [0.05, 0.1) is 0 Å². The van der Waals surface area contributed by atoms with Crippen molar-refractivity contribution in [3.05, 3.63) is 95.0 Å². The molecule has 0 spiro atoms. The molecule has 0 radical (unpaired) electrons. The van der Waals surface area contributed by atoms with Crippen molar-refractivity contribution in [3.63, 3.8) is 0 Å². The van der Waals surface area contributed by atoms with Gasteiger partial charge in [0, 0.05) is 29.8 Å². The van der Waals surface area contributed by atoms with Crippen LogP contribution in [0.2, 0.25) is 0 Å². The molecule has 170 valence electrons. The molecule has 3 rings (SSSR count). The van der Waals surface area contributed by atoms with Crippen LogP contribution < -0.4 is 4.90 Å². The molecule has 1 aromatic carbocycles. The van der Waals surface area contributed by atoms with Crippen molar-refractivity contribution in [2.75, 3.05) is 4.90 Å². The molecule has 0 amide bonds. The number of aryl methyl sites for hydroxylation is 1. The second-order valence-electron chi connectivity index (χ2n) is 10.5. The lowest BCUT2D eigenvalue weighted by molar-refractivity contribution is 0.422. The molecule has 1 aromatic heterocycles. The first-order valence-corrected chi connectivity index (χ1v) is 12.0. The molecular weight excluding hydrogens is 388 g/mol. The first-order chi connectivity index (χ1) is 15.1. The molecule has 2 heteroatoms. The van der Waals surface area contributed by atoms with Crippen molar-refractivity contribution in [1.82, 2.24) is 4.98 Å². The minimum absolute atomic E-state index is 0.166. The van der Waals surface area contributed by atoms with Crippen LogP contribution in [-0.4, -0.2) is 4.98 Å². The van der Waals surface area contributed by atoms with Gasteiger partial charge < -0.3 is 4.90 Å². The zero-order valence-electron chi connectivity index (χ0n) is 21.1. The number of allylic oxidation sites excluding steroid dienone is 5. The molecule has 1 aliphatic carbocycles. The fraction of sp³-hybridized carbons (Fsp3) is 0.433. The van der Waals surface area contributed by atoms with Crippen LogP contribution in [0.1, 0.15) is 78.1 Å². The van der Waals surface area contributed by atoms with Gasteiger partial charge >= 0.3 is 0 Å². The van der Waals surface area contributed by atoms with Crippen LogP contribution >= 0.6 is 0 Å². The van der Waals surface area contributed by atoms with E-state index in [0.29, 0.717) is 0 Å². The van der Waals surface area contributed by atoms with E-state index >= 15 is 0 Å². The Kier molecular flexibility index (Phi) is 7.44. The van der Waals surface area contributed by atoms with Crippen LogP contribution in [0.25, 0.3) is 0 Å². The number of hydrogen-bond acceptors (Lipinski definition) is 2. The highest BCUT2D eigenvalue weighted by atomic mass is 15.1. The molecular formula is C30H40N2. The van der Waals surface area contributed by atoms with Gasteiger partial charge in [0.1, 0.15) is 0 Å². The maximum absolute atomic E-state index is 4.53. The number of rotatable bonds is 7. The van der Waals surface area contributed by atoms with Crippen molar-refractivity contribution in [3.8, 4) is 0 Å². The van der Waals surface area contributed by atoms with Crippen LogP contribution in [0.15, 0.2) is 78.2 Å². The van der Waals surface area contributed by atoms with Crippen LogP contribution in [0.4, 0.5) is 5.69 Å². The third-order valence-electron chi connectivity index (χ3n) is 6.78. The minimum atomic E-state index is 0.166. The average Bonchev–Trinajstić information content (AvgIpc) is 3.04. The number of aromatic nitrogens is 1. The Morgan fingerprint density at radius 2 is 1.66 bits per heavy atom. The summed E-state index contributed by atoms with van der Waals surface area (Å²) >= 11 is 0. The molecule has 0 saturated carbocycles. The molecule has 0 atom stereocenters. The van der Waals surface area contributed by atoms with Gasteiger partial charge in [0.25, 0.3) is 0 Å². The lowest BCUT2D eigenvalue weighted by atomic mass is 9.80. The summed E-state index contributed by atoms with van der Waals surface area (Å²) in [5.41, 5.74) is 8.09. The lowest BCUT2D eigenvalue weighted by Crippen LogP contribution is -2.21. The summed E-state index contributed by atoms with van der Waals surface area (Å²) in [6, 6.07) is 13.5. The van der Waals surface area contributed by atoms with Crippen LogP contribution in [0.5, 0.6) is 0 Å². The van der Waals surface area contributed by atoms with Crippen LogP contribution in [0.3, 0.4) is 0 Å². The Morgan fingerprint density at radius 1 is 0.938 bits per heavy atom. The van der Waals surface area contributed by atoms with Gasteiger partial charge in [-0.25, -0.2) is 0 Å². The van der Waals surface area contributed by atoms with Crippen LogP contribution in [0, 0.1) is 5.41 Å². The quantitative estimate of drug-likeness (QED) is 0.442. The molecule has 0 unspecified atom stereocenters. The molecule has 0 bridgehead atoms. The van der Waals surface area contributed by atoms with E-state index in [0.717, 1.165) is 31.5 Å². The van der Waals surface area contributed by atoms with Gasteiger partial charge in [-0.15, -0.1) is 0 Å². The molecule has 32 heavy (non-hydrogen) atoms. The summed E-state index contributed by atoms with van der Waals surface area (Å²) in [5, 5.41) is 0. The normalized spacial score (nSPS) is 14.6. The Labute approximate surface area is 195 Å². The van der Waals surface area contributed by atoms with E-state index in [9.17, 15) is 0 Å². The van der Waals surface area contributed by atoms with Gasteiger partial charge in [-0.3, -0.25) is 4.98 Å². The van der Waals surface area contributed by atoms with Crippen molar-refractivity contribution in [2.24, 2.45) is 5.41 Å². The molecule has 0 fully saturated rings. The summed E-state index contributed by atoms with van der Waals surface area (Å²) in [6.07, 6.45) is 14.3. The highest BCUT2D eigenvalue weighted by molar-refractivity contribution is 5.57. The maximum Gasteiger partial charge on any atom is 0.0481 e. The summed E-state index contributed by atoms with van der Waals surface area (Å²) < 4.78 is 0. The van der Waals surface area contributed by atoms with Gasteiger partial charge in [0.2, 0.25) is 0 Å². The molecule has 0 saturated heterocycles. The molecule has 1 heterocycles. The number of pyridine rings is 1. The average molecular weight is 429 g/mol. The van der Waals surface area contributed by atoms with Gasteiger partial charge in [-0.05, 0) is 65.5 Å². The number of benzene rings is 1. The Balaban J connectivity index is 2.00. The molecule has 1 aliphatic rings. The van der Waals surface area contributed by atoms with Gasteiger partial charge in [0.15, 0.2) is 0 Å². The van der Waals surface area contributed by atoms with E-state index in [1.165, 1.54) is 28.1 Å². The second-order valence-corrected chi connectivity index (χ2v) is 10.5. The third-order valence-corrected chi connectivity index (χ3v) is 6.78. The summed E-state index contributed by atoms with van der Waals surface area (Å²) in [5.74, 6) is 0. The standard InChI is InChI=1S/C30H40N2/c1-8-26-21-28(19-20-31-26)32(22-23-13-15-24(16-14-23)29(3,4)5)27-12-10-11-25(17-18-27)30(6,7)9-2/h10,12-21H,8-9,11,22H2,1-7H3. The predicted octanol–water partition coefficient (Wildman–Crippen LogP) is 8.15. The topological polar surface area (TPSA) is 16.1 Å². The monoisotopic (exact) mass is 428 g/mol. The zero-order chi connectivity index (χ0) is 23.4. The smallest absolute Gasteiger partial charge is 0.0481 e. The van der Waals surface area contributed by atoms with Gasteiger partial charge in [-0.2, -0.15) is 0 Å². The number of nitrogens with zero attached hydrogens (tertiary/aromatic N) is 2. The first-order valence-electron chi connectivity index (χ1n) is 12.0.